The minimum absolute atomic E-state index is 0.170. The van der Waals surface area contributed by atoms with Gasteiger partial charge in [0.05, 0.1) is 11.7 Å². The van der Waals surface area contributed by atoms with Crippen molar-refractivity contribution in [2.75, 3.05) is 5.32 Å². The van der Waals surface area contributed by atoms with Crippen LogP contribution in [-0.4, -0.2) is 21.4 Å². The largest absolute Gasteiger partial charge is 0.418 e. The molecule has 0 aliphatic rings. The maximum atomic E-state index is 13.4. The summed E-state index contributed by atoms with van der Waals surface area (Å²) in [6.45, 7) is 3.49. The highest BCUT2D eigenvalue weighted by atomic mass is 127. The number of hydrogen-bond acceptors (Lipinski definition) is 6. The second kappa shape index (κ2) is 8.02. The van der Waals surface area contributed by atoms with Crippen LogP contribution in [0.5, 0.6) is 0 Å². The van der Waals surface area contributed by atoms with E-state index in [2.05, 4.69) is 44.2 Å². The van der Waals surface area contributed by atoms with E-state index in [1.807, 2.05) is 6.92 Å². The molecular formula is C19H16FIN4O2. The molecule has 27 heavy (non-hydrogen) atoms. The van der Waals surface area contributed by atoms with Gasteiger partial charge in [-0.1, -0.05) is 6.07 Å². The minimum atomic E-state index is -0.835. The Labute approximate surface area is 169 Å². The van der Waals surface area contributed by atoms with E-state index in [4.69, 9.17) is 9.68 Å². The third-order valence-corrected chi connectivity index (χ3v) is 5.47. The standard InChI is InChI=1S/C19H16FIN4O2/c1-10-15(7-6-13(9-22)16(10)21)23-17(11(2)26)19-25-24-18(27-19)12-4-3-5-14(20)8-12/h3-8,11,17,23,26H,1-2H3/t11-,17+/m0/s1. The quantitative estimate of drug-likeness (QED) is 0.534. The van der Waals surface area contributed by atoms with Crippen molar-refractivity contribution in [2.24, 2.45) is 0 Å². The first kappa shape index (κ1) is 19.3. The maximum absolute atomic E-state index is 13.4. The number of aliphatic hydroxyl groups excluding tert-OH is 1. The lowest BCUT2D eigenvalue weighted by Crippen LogP contribution is -2.23. The summed E-state index contributed by atoms with van der Waals surface area (Å²) >= 11 is 2.11. The summed E-state index contributed by atoms with van der Waals surface area (Å²) in [6.07, 6.45) is -0.835. The van der Waals surface area contributed by atoms with Gasteiger partial charge in [0.1, 0.15) is 17.9 Å². The Morgan fingerprint density at radius 1 is 1.30 bits per heavy atom. The zero-order valence-corrected chi connectivity index (χ0v) is 16.7. The smallest absolute Gasteiger partial charge is 0.247 e. The number of aromatic nitrogens is 2. The van der Waals surface area contributed by atoms with Crippen molar-refractivity contribution in [2.45, 2.75) is 26.0 Å². The molecule has 0 aliphatic carbocycles. The normalized spacial score (nSPS) is 13.0. The molecule has 138 valence electrons. The summed E-state index contributed by atoms with van der Waals surface area (Å²) in [5.41, 5.74) is 2.67. The number of benzene rings is 2. The Morgan fingerprint density at radius 2 is 2.07 bits per heavy atom. The van der Waals surface area contributed by atoms with Crippen molar-refractivity contribution in [1.29, 1.82) is 5.26 Å². The zero-order valence-electron chi connectivity index (χ0n) is 14.6. The fourth-order valence-corrected chi connectivity index (χ4v) is 3.17. The van der Waals surface area contributed by atoms with Crippen molar-refractivity contribution in [3.63, 3.8) is 0 Å². The van der Waals surface area contributed by atoms with Gasteiger partial charge < -0.3 is 14.8 Å². The van der Waals surface area contributed by atoms with Crippen LogP contribution in [0.4, 0.5) is 10.1 Å². The number of nitrogens with one attached hydrogen (secondary N) is 1. The third kappa shape index (κ3) is 4.09. The summed E-state index contributed by atoms with van der Waals surface area (Å²) in [4.78, 5) is 0. The number of hydrogen-bond donors (Lipinski definition) is 2. The molecule has 0 aliphatic heterocycles. The van der Waals surface area contributed by atoms with Crippen LogP contribution in [0.1, 0.15) is 30.0 Å². The summed E-state index contributed by atoms with van der Waals surface area (Å²) in [6, 6.07) is 10.8. The van der Waals surface area contributed by atoms with E-state index in [0.29, 0.717) is 11.1 Å². The highest BCUT2D eigenvalue weighted by molar-refractivity contribution is 14.1. The van der Waals surface area contributed by atoms with Gasteiger partial charge in [-0.2, -0.15) is 5.26 Å². The first-order valence-corrected chi connectivity index (χ1v) is 9.21. The van der Waals surface area contributed by atoms with Crippen molar-refractivity contribution in [3.05, 3.63) is 62.8 Å². The Morgan fingerprint density at radius 3 is 2.74 bits per heavy atom. The Kier molecular flexibility index (Phi) is 5.72. The number of nitrogens with zero attached hydrogens (tertiary/aromatic N) is 3. The van der Waals surface area contributed by atoms with Gasteiger partial charge in [0.15, 0.2) is 0 Å². The molecule has 2 atom stereocenters. The van der Waals surface area contributed by atoms with Crippen LogP contribution in [0.25, 0.3) is 11.5 Å². The van der Waals surface area contributed by atoms with E-state index in [9.17, 15) is 9.50 Å². The Balaban J connectivity index is 1.92. The van der Waals surface area contributed by atoms with Gasteiger partial charge in [0.25, 0.3) is 0 Å². The van der Waals surface area contributed by atoms with Gasteiger partial charge >= 0.3 is 0 Å². The monoisotopic (exact) mass is 478 g/mol. The van der Waals surface area contributed by atoms with Crippen LogP contribution < -0.4 is 5.32 Å². The molecule has 2 N–H and O–H groups in total. The SMILES string of the molecule is Cc1c(N[C@@H](c2nnc(-c3cccc(F)c3)o2)[C@H](C)O)ccc(C#N)c1I. The molecule has 8 heteroatoms. The lowest BCUT2D eigenvalue weighted by molar-refractivity contribution is 0.159. The molecule has 1 aromatic heterocycles. The molecule has 0 radical (unpaired) electrons. The molecule has 6 nitrogen and oxygen atoms in total. The average Bonchev–Trinajstić information content (AvgIpc) is 3.12. The molecule has 3 aromatic rings. The minimum Gasteiger partial charge on any atom is -0.418 e. The number of nitriles is 1. The highest BCUT2D eigenvalue weighted by Gasteiger charge is 2.25. The van der Waals surface area contributed by atoms with E-state index >= 15 is 0 Å². The number of rotatable bonds is 5. The molecule has 3 rings (SSSR count). The van der Waals surface area contributed by atoms with Gasteiger partial charge in [-0.15, -0.1) is 10.2 Å². The zero-order chi connectivity index (χ0) is 19.6. The molecule has 0 amide bonds. The van der Waals surface area contributed by atoms with Crippen LogP contribution in [0, 0.1) is 27.6 Å². The maximum Gasteiger partial charge on any atom is 0.247 e. The molecule has 0 saturated heterocycles. The summed E-state index contributed by atoms with van der Waals surface area (Å²) in [5.74, 6) is -0.0497. The third-order valence-electron chi connectivity index (χ3n) is 4.08. The van der Waals surface area contributed by atoms with E-state index < -0.39 is 18.0 Å². The topological polar surface area (TPSA) is 95.0 Å². The van der Waals surface area contributed by atoms with E-state index in [1.165, 1.54) is 12.1 Å². The van der Waals surface area contributed by atoms with Crippen LogP contribution in [-0.2, 0) is 0 Å². The van der Waals surface area contributed by atoms with E-state index in [-0.39, 0.29) is 11.8 Å². The van der Waals surface area contributed by atoms with E-state index in [1.54, 1.807) is 31.2 Å². The van der Waals surface area contributed by atoms with Gasteiger partial charge in [-0.3, -0.25) is 0 Å². The Hall–Kier alpha value is -2.51. The molecule has 2 aromatic carbocycles. The van der Waals surface area contributed by atoms with Crippen molar-refractivity contribution >= 4 is 28.3 Å². The molecule has 0 fully saturated rings. The van der Waals surface area contributed by atoms with Crippen LogP contribution in [0.3, 0.4) is 0 Å². The number of anilines is 1. The fourth-order valence-electron chi connectivity index (χ4n) is 2.58. The second-order valence-corrected chi connectivity index (χ2v) is 7.11. The lowest BCUT2D eigenvalue weighted by atomic mass is 10.1. The van der Waals surface area contributed by atoms with Crippen molar-refractivity contribution in [3.8, 4) is 17.5 Å². The highest BCUT2D eigenvalue weighted by Crippen LogP contribution is 2.30. The van der Waals surface area contributed by atoms with Crippen molar-refractivity contribution in [1.82, 2.24) is 10.2 Å². The number of halogens is 2. The molecule has 1 heterocycles. The molecule has 0 spiro atoms. The summed E-state index contributed by atoms with van der Waals surface area (Å²) < 4.78 is 19.9. The predicted molar refractivity (Wildman–Crippen MR) is 106 cm³/mol. The van der Waals surface area contributed by atoms with Gasteiger partial charge in [0, 0.05) is 14.8 Å². The van der Waals surface area contributed by atoms with Gasteiger partial charge in [-0.05, 0) is 72.3 Å². The first-order valence-electron chi connectivity index (χ1n) is 8.14. The van der Waals surface area contributed by atoms with Crippen molar-refractivity contribution < 1.29 is 13.9 Å². The summed E-state index contributed by atoms with van der Waals surface area (Å²) in [5, 5.41) is 30.5. The van der Waals surface area contributed by atoms with E-state index in [0.717, 1.165) is 14.8 Å². The average molecular weight is 478 g/mol. The molecule has 0 unspecified atom stereocenters. The fraction of sp³-hybridized carbons (Fsp3) is 0.211. The van der Waals surface area contributed by atoms with Crippen LogP contribution >= 0.6 is 22.6 Å². The number of aliphatic hydroxyl groups is 1. The lowest BCUT2D eigenvalue weighted by Gasteiger charge is -2.21. The Bertz CT molecular complexity index is 1010. The van der Waals surface area contributed by atoms with Crippen LogP contribution in [0.2, 0.25) is 0 Å². The molecule has 0 bridgehead atoms. The second-order valence-electron chi connectivity index (χ2n) is 6.03. The van der Waals surface area contributed by atoms with Gasteiger partial charge in [-0.25, -0.2) is 4.39 Å². The van der Waals surface area contributed by atoms with Crippen LogP contribution in [0.15, 0.2) is 40.8 Å². The van der Waals surface area contributed by atoms with Gasteiger partial charge in [0.2, 0.25) is 11.8 Å². The summed E-state index contributed by atoms with van der Waals surface area (Å²) in [7, 11) is 0. The molecule has 0 saturated carbocycles. The predicted octanol–water partition coefficient (Wildman–Crippen LogP) is 4.19. The first-order chi connectivity index (χ1) is 12.9. The molecular weight excluding hydrogens is 462 g/mol.